The fourth-order valence-electron chi connectivity index (χ4n) is 4.06. The predicted molar refractivity (Wildman–Crippen MR) is 141 cm³/mol. The van der Waals surface area contributed by atoms with E-state index in [2.05, 4.69) is 36.6 Å². The number of imidazole rings is 1. The van der Waals surface area contributed by atoms with Crippen molar-refractivity contribution in [1.82, 2.24) is 24.9 Å². The Morgan fingerprint density at radius 2 is 1.67 bits per heavy atom. The first-order valence-electron chi connectivity index (χ1n) is 11.4. The Hall–Kier alpha value is -5.29. The molecular formula is C28H20N8. The van der Waals surface area contributed by atoms with Gasteiger partial charge in [-0.15, -0.1) is 0 Å². The summed E-state index contributed by atoms with van der Waals surface area (Å²) in [7, 11) is 0. The van der Waals surface area contributed by atoms with Crippen LogP contribution in [0.25, 0.3) is 33.5 Å². The minimum absolute atomic E-state index is 0.599. The number of fused-ring (bicyclic) bond motifs is 2. The topological polar surface area (TPSA) is 115 Å². The highest BCUT2D eigenvalue weighted by Crippen LogP contribution is 2.28. The number of anilines is 4. The van der Waals surface area contributed by atoms with E-state index in [4.69, 9.17) is 4.98 Å². The first-order chi connectivity index (χ1) is 17.6. The van der Waals surface area contributed by atoms with Crippen molar-refractivity contribution in [3.05, 3.63) is 96.4 Å². The monoisotopic (exact) mass is 468 g/mol. The third-order valence-electron chi connectivity index (χ3n) is 5.82. The average molecular weight is 469 g/mol. The molecule has 6 rings (SSSR count). The third kappa shape index (κ3) is 4.17. The molecule has 0 aliphatic heterocycles. The van der Waals surface area contributed by atoms with E-state index < -0.39 is 0 Å². The summed E-state index contributed by atoms with van der Waals surface area (Å²) in [5.74, 6) is 1.46. The molecule has 0 saturated heterocycles. The van der Waals surface area contributed by atoms with Crippen LogP contribution in [0.1, 0.15) is 11.3 Å². The molecule has 0 unspecified atom stereocenters. The molecule has 172 valence electrons. The first-order valence-corrected chi connectivity index (χ1v) is 11.4. The van der Waals surface area contributed by atoms with Crippen LogP contribution in [-0.2, 0) is 0 Å². The lowest BCUT2D eigenvalue weighted by atomic mass is 10.1. The smallest absolute Gasteiger partial charge is 0.180 e. The van der Waals surface area contributed by atoms with Crippen molar-refractivity contribution in [3.8, 4) is 17.5 Å². The highest BCUT2D eigenvalue weighted by atomic mass is 15.1. The van der Waals surface area contributed by atoms with Crippen LogP contribution in [0.2, 0.25) is 0 Å². The van der Waals surface area contributed by atoms with Gasteiger partial charge in [0.1, 0.15) is 11.6 Å². The van der Waals surface area contributed by atoms with Gasteiger partial charge in [0.2, 0.25) is 0 Å². The summed E-state index contributed by atoms with van der Waals surface area (Å²) < 4.78 is 0. The van der Waals surface area contributed by atoms with Gasteiger partial charge >= 0.3 is 0 Å². The van der Waals surface area contributed by atoms with Crippen molar-refractivity contribution < 1.29 is 0 Å². The maximum atomic E-state index is 9.25. The van der Waals surface area contributed by atoms with Crippen LogP contribution in [-0.4, -0.2) is 24.9 Å². The summed E-state index contributed by atoms with van der Waals surface area (Å²) in [4.78, 5) is 21.3. The van der Waals surface area contributed by atoms with Gasteiger partial charge in [0.15, 0.2) is 5.65 Å². The predicted octanol–water partition coefficient (Wildman–Crippen LogP) is 6.24. The number of H-pyrrole nitrogens is 1. The molecule has 3 N–H and O–H groups in total. The van der Waals surface area contributed by atoms with E-state index in [9.17, 15) is 5.26 Å². The molecule has 36 heavy (non-hydrogen) atoms. The maximum absolute atomic E-state index is 9.25. The number of benzene rings is 2. The van der Waals surface area contributed by atoms with E-state index in [1.807, 2.05) is 73.7 Å². The maximum Gasteiger partial charge on any atom is 0.180 e. The summed E-state index contributed by atoms with van der Waals surface area (Å²) in [5, 5.41) is 16.9. The molecule has 6 aromatic rings. The number of aromatic nitrogens is 5. The van der Waals surface area contributed by atoms with E-state index >= 15 is 0 Å². The minimum atomic E-state index is 0.599. The van der Waals surface area contributed by atoms with E-state index in [-0.39, 0.29) is 0 Å². The summed E-state index contributed by atoms with van der Waals surface area (Å²) in [5.41, 5.74) is 7.55. The Bertz CT molecular complexity index is 1760. The molecule has 0 spiro atoms. The van der Waals surface area contributed by atoms with Gasteiger partial charge in [-0.2, -0.15) is 5.26 Å². The molecule has 2 aromatic carbocycles. The Labute approximate surface area is 206 Å². The van der Waals surface area contributed by atoms with Gasteiger partial charge in [-0.05, 0) is 79.7 Å². The van der Waals surface area contributed by atoms with Gasteiger partial charge < -0.3 is 15.6 Å². The van der Waals surface area contributed by atoms with Crippen molar-refractivity contribution in [2.45, 2.75) is 6.92 Å². The number of nitriles is 1. The van der Waals surface area contributed by atoms with E-state index in [1.54, 1.807) is 18.5 Å². The van der Waals surface area contributed by atoms with Crippen LogP contribution in [0.4, 0.5) is 22.9 Å². The largest absolute Gasteiger partial charge is 0.355 e. The van der Waals surface area contributed by atoms with Crippen LogP contribution >= 0.6 is 0 Å². The van der Waals surface area contributed by atoms with Crippen molar-refractivity contribution >= 4 is 44.9 Å². The van der Waals surface area contributed by atoms with E-state index in [0.29, 0.717) is 11.2 Å². The zero-order valence-corrected chi connectivity index (χ0v) is 19.3. The van der Waals surface area contributed by atoms with Gasteiger partial charge in [-0.3, -0.25) is 9.97 Å². The number of nitrogens with one attached hydrogen (secondary N) is 3. The zero-order chi connectivity index (χ0) is 24.5. The zero-order valence-electron chi connectivity index (χ0n) is 19.3. The van der Waals surface area contributed by atoms with Gasteiger partial charge in [0.25, 0.3) is 0 Å². The molecule has 0 bridgehead atoms. The van der Waals surface area contributed by atoms with Crippen LogP contribution in [0, 0.1) is 18.3 Å². The number of rotatable bonds is 5. The second-order valence-corrected chi connectivity index (χ2v) is 8.37. The van der Waals surface area contributed by atoms with Gasteiger partial charge in [-0.1, -0.05) is 0 Å². The highest BCUT2D eigenvalue weighted by molar-refractivity contribution is 5.93. The molecule has 0 aliphatic carbocycles. The summed E-state index contributed by atoms with van der Waals surface area (Å²) in [6, 6.07) is 25.3. The first kappa shape index (κ1) is 21.3. The molecule has 8 heteroatoms. The molecule has 0 atom stereocenters. The SMILES string of the molecule is Cc1cc(Nc2ccc3[nH]c(-c4ccc(Nc5ccnc6ccc(C#N)cc56)cc4)nc3n2)ccn1. The highest BCUT2D eigenvalue weighted by Gasteiger charge is 2.09. The molecule has 4 aromatic heterocycles. The van der Waals surface area contributed by atoms with E-state index in [0.717, 1.165) is 56.4 Å². The van der Waals surface area contributed by atoms with Gasteiger partial charge in [0, 0.05) is 46.1 Å². The lowest BCUT2D eigenvalue weighted by Gasteiger charge is -2.10. The fourth-order valence-corrected chi connectivity index (χ4v) is 4.06. The number of nitrogens with zero attached hydrogens (tertiary/aromatic N) is 5. The lowest BCUT2D eigenvalue weighted by Crippen LogP contribution is -1.94. The standard InChI is InChI=1S/C28H20N8/c1-17-14-21(10-12-30-17)33-26-9-8-25-28(35-26)36-27(34-25)19-3-5-20(6-4-19)32-24-11-13-31-23-7-2-18(16-29)15-22(23)24/h2-15H,1H3,(H,31,32)(H2,30,33,34,35,36). The van der Waals surface area contributed by atoms with Gasteiger partial charge in [-0.25, -0.2) is 9.97 Å². The molecule has 0 aliphatic rings. The molecule has 0 saturated carbocycles. The second-order valence-electron chi connectivity index (χ2n) is 8.37. The fraction of sp³-hybridized carbons (Fsp3) is 0.0357. The molecule has 4 heterocycles. The number of hydrogen-bond donors (Lipinski definition) is 3. The van der Waals surface area contributed by atoms with Crippen molar-refractivity contribution in [2.75, 3.05) is 10.6 Å². The van der Waals surface area contributed by atoms with Crippen molar-refractivity contribution in [1.29, 1.82) is 5.26 Å². The average Bonchev–Trinajstić information content (AvgIpc) is 3.33. The normalized spacial score (nSPS) is 10.9. The van der Waals surface area contributed by atoms with Crippen molar-refractivity contribution in [2.24, 2.45) is 0 Å². The number of aryl methyl sites for hydroxylation is 1. The number of aromatic amines is 1. The van der Waals surface area contributed by atoms with Crippen molar-refractivity contribution in [3.63, 3.8) is 0 Å². The van der Waals surface area contributed by atoms with Crippen LogP contribution < -0.4 is 10.6 Å². The summed E-state index contributed by atoms with van der Waals surface area (Å²) in [6.45, 7) is 1.95. The van der Waals surface area contributed by atoms with Crippen LogP contribution in [0.15, 0.2) is 85.2 Å². The second kappa shape index (κ2) is 8.81. The minimum Gasteiger partial charge on any atom is -0.355 e. The molecule has 0 fully saturated rings. The van der Waals surface area contributed by atoms with Crippen LogP contribution in [0.3, 0.4) is 0 Å². The van der Waals surface area contributed by atoms with Crippen LogP contribution in [0.5, 0.6) is 0 Å². The Morgan fingerprint density at radius 1 is 0.806 bits per heavy atom. The molecule has 0 radical (unpaired) electrons. The number of pyridine rings is 3. The van der Waals surface area contributed by atoms with Gasteiger partial charge in [0.05, 0.1) is 22.7 Å². The Morgan fingerprint density at radius 3 is 2.50 bits per heavy atom. The Kier molecular flexibility index (Phi) is 5.20. The lowest BCUT2D eigenvalue weighted by molar-refractivity contribution is 1.20. The molecule has 8 nitrogen and oxygen atoms in total. The number of hydrogen-bond acceptors (Lipinski definition) is 7. The third-order valence-corrected chi connectivity index (χ3v) is 5.82. The quantitative estimate of drug-likeness (QED) is 0.274. The molecular weight excluding hydrogens is 448 g/mol. The van der Waals surface area contributed by atoms with E-state index in [1.165, 1.54) is 0 Å². The molecule has 0 amide bonds. The summed E-state index contributed by atoms with van der Waals surface area (Å²) >= 11 is 0. The summed E-state index contributed by atoms with van der Waals surface area (Å²) in [6.07, 6.45) is 3.52. The Balaban J connectivity index is 1.24.